The van der Waals surface area contributed by atoms with Crippen LogP contribution in [-0.2, 0) is 11.2 Å². The summed E-state index contributed by atoms with van der Waals surface area (Å²) >= 11 is -1.42. The number of rotatable bonds is 2. The molecule has 1 heterocycles. The minimum Gasteiger partial charge on any atom is -0.607 e. The zero-order valence-electron chi connectivity index (χ0n) is 5.44. The molecule has 56 valence electrons. The fraction of sp³-hybridized carbons (Fsp3) is 0.400. The zero-order chi connectivity index (χ0) is 7.56. The van der Waals surface area contributed by atoms with Crippen LogP contribution in [0.2, 0.25) is 0 Å². The molecule has 1 rings (SSSR count). The largest absolute Gasteiger partial charge is 0.607 e. The molecule has 10 heavy (non-hydrogen) atoms. The van der Waals surface area contributed by atoms with Crippen LogP contribution in [-0.4, -0.2) is 25.1 Å². The van der Waals surface area contributed by atoms with Gasteiger partial charge in [-0.15, -0.1) is 0 Å². The van der Waals surface area contributed by atoms with Crippen molar-refractivity contribution >= 4 is 11.2 Å². The first-order valence-electron chi connectivity index (χ1n) is 2.80. The normalized spacial score (nSPS) is 16.7. The Morgan fingerprint density at radius 1 is 1.90 bits per heavy atom. The third-order valence-corrected chi connectivity index (χ3v) is 2.20. The lowest BCUT2D eigenvalue weighted by Crippen LogP contribution is -2.18. The van der Waals surface area contributed by atoms with Crippen LogP contribution in [0.3, 0.4) is 0 Å². The highest BCUT2D eigenvalue weighted by Crippen LogP contribution is 2.07. The number of H-pyrrole nitrogens is 1. The fourth-order valence-corrected chi connectivity index (χ4v) is 1.19. The van der Waals surface area contributed by atoms with E-state index in [9.17, 15) is 4.55 Å². The number of aromatic nitrogens is 2. The van der Waals surface area contributed by atoms with Crippen LogP contribution in [0.5, 0.6) is 0 Å². The highest BCUT2D eigenvalue weighted by Gasteiger charge is 2.18. The van der Waals surface area contributed by atoms with Crippen LogP contribution in [0.1, 0.15) is 6.92 Å². The molecule has 0 spiro atoms. The van der Waals surface area contributed by atoms with Crippen LogP contribution in [0.4, 0.5) is 0 Å². The van der Waals surface area contributed by atoms with E-state index in [2.05, 4.69) is 9.97 Å². The Kier molecular flexibility index (Phi) is 2.31. The van der Waals surface area contributed by atoms with Crippen LogP contribution in [0, 0.1) is 0 Å². The van der Waals surface area contributed by atoms with Crippen molar-refractivity contribution < 1.29 is 9.66 Å². The minimum absolute atomic E-state index is 0.315. The molecule has 0 bridgehead atoms. The molecule has 0 aliphatic heterocycles. The predicted molar refractivity (Wildman–Crippen MR) is 36.7 cm³/mol. The van der Waals surface area contributed by atoms with Crippen molar-refractivity contribution in [2.75, 3.05) is 0 Å². The van der Waals surface area contributed by atoms with Gasteiger partial charge in [0.05, 0.1) is 11.2 Å². The van der Waals surface area contributed by atoms with Gasteiger partial charge in [0, 0.05) is 19.3 Å². The Hall–Kier alpha value is -0.520. The number of aliphatic hydroxyl groups excluding tert-OH is 1. The maximum atomic E-state index is 11.0. The molecule has 2 atom stereocenters. The molecule has 5 heteroatoms. The first-order chi connectivity index (χ1) is 4.72. The van der Waals surface area contributed by atoms with Gasteiger partial charge in [0.1, 0.15) is 0 Å². The summed E-state index contributed by atoms with van der Waals surface area (Å²) in [5, 5.41) is 9.15. The molecule has 0 fully saturated rings. The Morgan fingerprint density at radius 2 is 2.60 bits per heavy atom. The van der Waals surface area contributed by atoms with Crippen molar-refractivity contribution in [2.24, 2.45) is 0 Å². The van der Waals surface area contributed by atoms with Gasteiger partial charge >= 0.3 is 5.16 Å². The second-order valence-corrected chi connectivity index (χ2v) is 3.45. The summed E-state index contributed by atoms with van der Waals surface area (Å²) in [6.07, 6.45) is 3.06. The van der Waals surface area contributed by atoms with Crippen molar-refractivity contribution in [1.29, 1.82) is 0 Å². The third kappa shape index (κ3) is 1.50. The van der Waals surface area contributed by atoms with E-state index in [1.807, 2.05) is 0 Å². The van der Waals surface area contributed by atoms with Gasteiger partial charge in [-0.3, -0.25) is 0 Å². The van der Waals surface area contributed by atoms with Gasteiger partial charge in [0.25, 0.3) is 0 Å². The summed E-state index contributed by atoms with van der Waals surface area (Å²) < 4.78 is 11.0. The molecule has 2 N–H and O–H groups in total. The monoisotopic (exact) mass is 160 g/mol. The first kappa shape index (κ1) is 7.59. The number of hydrogen-bond donors (Lipinski definition) is 2. The van der Waals surface area contributed by atoms with Crippen molar-refractivity contribution in [2.45, 2.75) is 17.5 Å². The second-order valence-electron chi connectivity index (χ2n) is 1.79. The molecule has 1 aromatic rings. The van der Waals surface area contributed by atoms with E-state index < -0.39 is 16.6 Å². The van der Waals surface area contributed by atoms with E-state index >= 15 is 0 Å². The quantitative estimate of drug-likeness (QED) is 0.591. The average Bonchev–Trinajstić information content (AvgIpc) is 2.36. The molecule has 1 aromatic heterocycles. The average molecular weight is 160 g/mol. The van der Waals surface area contributed by atoms with E-state index in [-0.39, 0.29) is 0 Å². The van der Waals surface area contributed by atoms with E-state index in [4.69, 9.17) is 5.11 Å². The Balaban J connectivity index is 2.68. The Morgan fingerprint density at radius 3 is 3.00 bits per heavy atom. The van der Waals surface area contributed by atoms with Gasteiger partial charge in [-0.1, -0.05) is 0 Å². The van der Waals surface area contributed by atoms with Crippen LogP contribution < -0.4 is 0 Å². The number of hydrogen-bond acceptors (Lipinski definition) is 3. The number of imidazole rings is 1. The molecular weight excluding hydrogens is 152 g/mol. The Labute approximate surface area is 61.5 Å². The molecule has 0 amide bonds. The number of aliphatic hydroxyl groups is 1. The van der Waals surface area contributed by atoms with Gasteiger partial charge in [-0.25, -0.2) is 0 Å². The standard InChI is InChI=1S/C5H8N2O2S/c1-4(8)10(9)5-6-2-3-7-5/h2-4,8H,1H3,(H,6,7). The maximum Gasteiger partial charge on any atom is 0.323 e. The fourth-order valence-electron chi connectivity index (χ4n) is 0.522. The lowest BCUT2D eigenvalue weighted by Gasteiger charge is -2.07. The highest BCUT2D eigenvalue weighted by molar-refractivity contribution is 7.91. The molecule has 0 saturated carbocycles. The lowest BCUT2D eigenvalue weighted by molar-refractivity contribution is 0.267. The zero-order valence-corrected chi connectivity index (χ0v) is 6.26. The van der Waals surface area contributed by atoms with E-state index in [1.165, 1.54) is 13.1 Å². The molecule has 0 aromatic carbocycles. The van der Waals surface area contributed by atoms with E-state index in [0.29, 0.717) is 5.16 Å². The molecule has 4 nitrogen and oxygen atoms in total. The molecule has 0 saturated heterocycles. The van der Waals surface area contributed by atoms with Gasteiger partial charge in [-0.2, -0.15) is 4.98 Å². The molecule has 0 aliphatic carbocycles. The minimum atomic E-state index is -1.42. The van der Waals surface area contributed by atoms with Crippen molar-refractivity contribution in [3.8, 4) is 0 Å². The summed E-state index contributed by atoms with van der Waals surface area (Å²) in [4.78, 5) is 6.37. The molecule has 0 aliphatic rings. The van der Waals surface area contributed by atoms with Crippen LogP contribution in [0.15, 0.2) is 17.6 Å². The van der Waals surface area contributed by atoms with Gasteiger partial charge in [-0.05, 0) is 0 Å². The highest BCUT2D eigenvalue weighted by atomic mass is 32.2. The predicted octanol–water partition coefficient (Wildman–Crippen LogP) is -0.144. The van der Waals surface area contributed by atoms with Crippen LogP contribution >= 0.6 is 0 Å². The molecule has 0 radical (unpaired) electrons. The summed E-state index contributed by atoms with van der Waals surface area (Å²) in [6, 6.07) is 0. The molecule has 2 unspecified atom stereocenters. The van der Waals surface area contributed by atoms with Gasteiger partial charge in [0.15, 0.2) is 0 Å². The van der Waals surface area contributed by atoms with Gasteiger partial charge in [0.2, 0.25) is 5.44 Å². The van der Waals surface area contributed by atoms with Crippen molar-refractivity contribution in [1.82, 2.24) is 9.97 Å². The second kappa shape index (κ2) is 3.05. The van der Waals surface area contributed by atoms with Crippen molar-refractivity contribution in [3.05, 3.63) is 12.4 Å². The lowest BCUT2D eigenvalue weighted by atomic mass is 10.9. The summed E-state index contributed by atoms with van der Waals surface area (Å²) in [7, 11) is 0. The number of nitrogens with zero attached hydrogens (tertiary/aromatic N) is 1. The topological polar surface area (TPSA) is 72.0 Å². The Bertz CT molecular complexity index is 188. The summed E-state index contributed by atoms with van der Waals surface area (Å²) in [5.74, 6) is 0. The first-order valence-corrected chi connectivity index (χ1v) is 4.01. The van der Waals surface area contributed by atoms with E-state index in [0.717, 1.165) is 0 Å². The van der Waals surface area contributed by atoms with Crippen molar-refractivity contribution in [3.63, 3.8) is 0 Å². The van der Waals surface area contributed by atoms with Gasteiger partial charge < -0.3 is 14.6 Å². The molecular formula is C5H8N2O2S. The van der Waals surface area contributed by atoms with E-state index in [1.54, 1.807) is 6.20 Å². The SMILES string of the molecule is CC(O)[S+]([O-])c1ncc[nH]1. The van der Waals surface area contributed by atoms with Crippen LogP contribution in [0.25, 0.3) is 0 Å². The summed E-state index contributed by atoms with van der Waals surface area (Å²) in [6.45, 7) is 1.46. The number of aromatic amines is 1. The number of nitrogens with one attached hydrogen (secondary N) is 1. The maximum absolute atomic E-state index is 11.0. The smallest absolute Gasteiger partial charge is 0.323 e. The summed E-state index contributed by atoms with van der Waals surface area (Å²) in [5.41, 5.74) is -0.869. The third-order valence-electron chi connectivity index (χ3n) is 0.974.